The normalized spacial score (nSPS) is 17.0. The molecule has 0 saturated carbocycles. The van der Waals surface area contributed by atoms with E-state index in [0.29, 0.717) is 0 Å². The Labute approximate surface area is 127 Å². The Morgan fingerprint density at radius 1 is 1.00 bits per heavy atom. The lowest BCUT2D eigenvalue weighted by molar-refractivity contribution is 0.284. The molecule has 3 rings (SSSR count). The number of nitrogens with one attached hydrogen (secondary N) is 1. The summed E-state index contributed by atoms with van der Waals surface area (Å²) in [6.45, 7) is 5.72. The first kappa shape index (κ1) is 14.5. The van der Waals surface area contributed by atoms with Crippen LogP contribution < -0.4 is 5.32 Å². The summed E-state index contributed by atoms with van der Waals surface area (Å²) in [6, 6.07) is 10.5. The molecule has 1 fully saturated rings. The zero-order chi connectivity index (χ0) is 14.3. The largest absolute Gasteiger partial charge is 0.311 e. The number of hydrogen-bond donors (Lipinski definition) is 1. The second kappa shape index (κ2) is 7.53. The fourth-order valence-electron chi connectivity index (χ4n) is 3.13. The smallest absolute Gasteiger partial charge is 0.0705 e. The Kier molecular flexibility index (Phi) is 5.19. The van der Waals surface area contributed by atoms with Crippen molar-refractivity contribution in [3.63, 3.8) is 0 Å². The Morgan fingerprint density at radius 3 is 2.67 bits per heavy atom. The highest BCUT2D eigenvalue weighted by Crippen LogP contribution is 2.15. The van der Waals surface area contributed by atoms with E-state index < -0.39 is 0 Å². The molecule has 0 spiro atoms. The minimum absolute atomic E-state index is 0.927. The van der Waals surface area contributed by atoms with Crippen molar-refractivity contribution in [3.05, 3.63) is 42.1 Å². The van der Waals surface area contributed by atoms with Gasteiger partial charge < -0.3 is 10.2 Å². The Hall–Kier alpha value is -1.45. The Balaban J connectivity index is 1.50. The first-order chi connectivity index (χ1) is 10.4. The van der Waals surface area contributed by atoms with Gasteiger partial charge in [-0.25, -0.2) is 0 Å². The number of rotatable bonds is 5. The zero-order valence-electron chi connectivity index (χ0n) is 12.7. The molecule has 21 heavy (non-hydrogen) atoms. The monoisotopic (exact) mass is 283 g/mol. The molecule has 0 radical (unpaired) electrons. The van der Waals surface area contributed by atoms with Crippen molar-refractivity contribution in [3.8, 4) is 0 Å². The van der Waals surface area contributed by atoms with Crippen molar-refractivity contribution >= 4 is 10.9 Å². The van der Waals surface area contributed by atoms with Gasteiger partial charge >= 0.3 is 0 Å². The van der Waals surface area contributed by atoms with Gasteiger partial charge in [-0.05, 0) is 43.6 Å². The Bertz CT molecular complexity index is 554. The molecule has 2 aromatic rings. The summed E-state index contributed by atoms with van der Waals surface area (Å²) >= 11 is 0. The van der Waals surface area contributed by atoms with Crippen molar-refractivity contribution in [2.75, 3.05) is 26.2 Å². The van der Waals surface area contributed by atoms with Gasteiger partial charge in [0.05, 0.1) is 5.52 Å². The van der Waals surface area contributed by atoms with Crippen molar-refractivity contribution in [1.82, 2.24) is 15.2 Å². The molecule has 1 aliphatic heterocycles. The molecule has 1 aliphatic rings. The highest BCUT2D eigenvalue weighted by Gasteiger charge is 2.08. The molecule has 112 valence electrons. The fourth-order valence-corrected chi connectivity index (χ4v) is 3.13. The van der Waals surface area contributed by atoms with E-state index in [1.807, 2.05) is 12.3 Å². The molecular formula is C18H25N3. The van der Waals surface area contributed by atoms with Gasteiger partial charge in [0.2, 0.25) is 0 Å². The average molecular weight is 283 g/mol. The first-order valence-electron chi connectivity index (χ1n) is 8.19. The number of nitrogens with zero attached hydrogens (tertiary/aromatic N) is 2. The minimum Gasteiger partial charge on any atom is -0.311 e. The lowest BCUT2D eigenvalue weighted by Gasteiger charge is -2.19. The summed E-state index contributed by atoms with van der Waals surface area (Å²) < 4.78 is 0. The number of likely N-dealkylation sites (tertiary alicyclic amines) is 1. The SMILES string of the molecule is c1ccc2c(CNCCN3CCCCCC3)ccnc2c1. The lowest BCUT2D eigenvalue weighted by atomic mass is 10.1. The van der Waals surface area contributed by atoms with Gasteiger partial charge in [0.15, 0.2) is 0 Å². The van der Waals surface area contributed by atoms with Crippen molar-refractivity contribution < 1.29 is 0 Å². The van der Waals surface area contributed by atoms with E-state index in [2.05, 4.69) is 39.5 Å². The number of benzene rings is 1. The first-order valence-corrected chi connectivity index (χ1v) is 8.19. The van der Waals surface area contributed by atoms with Crippen LogP contribution in [0.2, 0.25) is 0 Å². The molecule has 1 aromatic heterocycles. The summed E-state index contributed by atoms with van der Waals surface area (Å²) in [6.07, 6.45) is 7.47. The molecule has 0 atom stereocenters. The van der Waals surface area contributed by atoms with E-state index >= 15 is 0 Å². The van der Waals surface area contributed by atoms with Gasteiger partial charge in [0.1, 0.15) is 0 Å². The maximum atomic E-state index is 4.42. The highest BCUT2D eigenvalue weighted by atomic mass is 15.1. The fraction of sp³-hybridized carbons (Fsp3) is 0.500. The van der Waals surface area contributed by atoms with Crippen LogP contribution in [0.25, 0.3) is 10.9 Å². The standard InChI is InChI=1S/C18H25N3/c1-2-6-13-21(12-5-1)14-11-19-15-16-9-10-20-18-8-4-3-7-17(16)18/h3-4,7-10,19H,1-2,5-6,11-15H2. The van der Waals surface area contributed by atoms with Crippen LogP contribution in [0.3, 0.4) is 0 Å². The summed E-state index contributed by atoms with van der Waals surface area (Å²) in [7, 11) is 0. The molecule has 1 saturated heterocycles. The Morgan fingerprint density at radius 2 is 1.81 bits per heavy atom. The number of hydrogen-bond acceptors (Lipinski definition) is 3. The number of aromatic nitrogens is 1. The van der Waals surface area contributed by atoms with E-state index in [1.54, 1.807) is 0 Å². The number of pyridine rings is 1. The van der Waals surface area contributed by atoms with E-state index in [-0.39, 0.29) is 0 Å². The molecule has 3 nitrogen and oxygen atoms in total. The van der Waals surface area contributed by atoms with Gasteiger partial charge in [0.25, 0.3) is 0 Å². The maximum Gasteiger partial charge on any atom is 0.0705 e. The van der Waals surface area contributed by atoms with E-state index in [9.17, 15) is 0 Å². The average Bonchev–Trinajstić information content (AvgIpc) is 2.80. The van der Waals surface area contributed by atoms with Gasteiger partial charge in [-0.1, -0.05) is 31.0 Å². The van der Waals surface area contributed by atoms with Crippen LogP contribution in [0.4, 0.5) is 0 Å². The summed E-state index contributed by atoms with van der Waals surface area (Å²) in [5, 5.41) is 4.86. The molecular weight excluding hydrogens is 258 g/mol. The molecule has 2 heterocycles. The van der Waals surface area contributed by atoms with Crippen LogP contribution in [0.15, 0.2) is 36.5 Å². The molecule has 0 amide bonds. The number of fused-ring (bicyclic) bond motifs is 1. The highest BCUT2D eigenvalue weighted by molar-refractivity contribution is 5.81. The third kappa shape index (κ3) is 4.02. The number of para-hydroxylation sites is 1. The molecule has 1 aromatic carbocycles. The van der Waals surface area contributed by atoms with Crippen molar-refractivity contribution in [1.29, 1.82) is 0 Å². The van der Waals surface area contributed by atoms with Crippen LogP contribution in [-0.4, -0.2) is 36.1 Å². The van der Waals surface area contributed by atoms with Crippen molar-refractivity contribution in [2.45, 2.75) is 32.2 Å². The summed E-state index contributed by atoms with van der Waals surface area (Å²) in [4.78, 5) is 7.02. The second-order valence-electron chi connectivity index (χ2n) is 5.92. The topological polar surface area (TPSA) is 28.2 Å². The third-order valence-electron chi connectivity index (χ3n) is 4.36. The van der Waals surface area contributed by atoms with Gasteiger partial charge in [0, 0.05) is 31.2 Å². The van der Waals surface area contributed by atoms with Gasteiger partial charge in [-0.3, -0.25) is 4.98 Å². The van der Waals surface area contributed by atoms with Crippen molar-refractivity contribution in [2.24, 2.45) is 0 Å². The quantitative estimate of drug-likeness (QED) is 0.854. The summed E-state index contributed by atoms with van der Waals surface area (Å²) in [5.74, 6) is 0. The predicted octanol–water partition coefficient (Wildman–Crippen LogP) is 3.20. The molecule has 3 heteroatoms. The van der Waals surface area contributed by atoms with Gasteiger partial charge in [-0.2, -0.15) is 0 Å². The molecule has 0 aliphatic carbocycles. The van der Waals surface area contributed by atoms with Crippen LogP contribution >= 0.6 is 0 Å². The van der Waals surface area contributed by atoms with Crippen LogP contribution in [0.5, 0.6) is 0 Å². The third-order valence-corrected chi connectivity index (χ3v) is 4.36. The maximum absolute atomic E-state index is 4.42. The second-order valence-corrected chi connectivity index (χ2v) is 5.92. The molecule has 0 unspecified atom stereocenters. The summed E-state index contributed by atoms with van der Waals surface area (Å²) in [5.41, 5.74) is 2.43. The van der Waals surface area contributed by atoms with E-state index in [0.717, 1.165) is 18.6 Å². The van der Waals surface area contributed by atoms with Crippen LogP contribution in [-0.2, 0) is 6.54 Å². The predicted molar refractivity (Wildman–Crippen MR) is 88.4 cm³/mol. The zero-order valence-corrected chi connectivity index (χ0v) is 12.7. The van der Waals surface area contributed by atoms with Crippen LogP contribution in [0.1, 0.15) is 31.2 Å². The lowest BCUT2D eigenvalue weighted by Crippen LogP contribution is -2.32. The molecule has 1 N–H and O–H groups in total. The van der Waals surface area contributed by atoms with E-state index in [4.69, 9.17) is 0 Å². The van der Waals surface area contributed by atoms with E-state index in [1.165, 1.54) is 56.3 Å². The van der Waals surface area contributed by atoms with Crippen LogP contribution in [0, 0.1) is 0 Å². The minimum atomic E-state index is 0.927. The van der Waals surface area contributed by atoms with Gasteiger partial charge in [-0.15, -0.1) is 0 Å². The molecule has 0 bridgehead atoms.